The molecule has 5 rings (SSSR count). The van der Waals surface area contributed by atoms with Gasteiger partial charge in [0.05, 0.1) is 26.5 Å². The number of nitrogens with zero attached hydrogens (tertiary/aromatic N) is 2. The van der Waals surface area contributed by atoms with Crippen LogP contribution in [0, 0.1) is 0 Å². The first-order valence-electron chi connectivity index (χ1n) is 15.4. The molecule has 0 atom stereocenters. The van der Waals surface area contributed by atoms with Gasteiger partial charge in [-0.2, -0.15) is 0 Å². The van der Waals surface area contributed by atoms with Gasteiger partial charge in [0.15, 0.2) is 9.76 Å². The molecule has 1 aliphatic rings. The molecule has 0 aliphatic carbocycles. The Hall–Kier alpha value is -3.88. The number of methoxy groups -OCH3 is 2. The van der Waals surface area contributed by atoms with Crippen LogP contribution in [0.1, 0.15) is 44.0 Å². The summed E-state index contributed by atoms with van der Waals surface area (Å²) in [6.07, 6.45) is 2.14. The molecule has 0 N–H and O–H groups in total. The van der Waals surface area contributed by atoms with E-state index in [4.69, 9.17) is 23.4 Å². The molecule has 0 radical (unpaired) electrons. The number of anilines is 1. The van der Waals surface area contributed by atoms with Crippen LogP contribution >= 0.6 is 0 Å². The number of fused-ring (bicyclic) bond motifs is 1. The quantitative estimate of drug-likeness (QED) is 0.112. The molecule has 4 aromatic rings. The van der Waals surface area contributed by atoms with E-state index >= 15 is 0 Å². The van der Waals surface area contributed by atoms with Crippen molar-refractivity contribution in [1.82, 2.24) is 4.57 Å². The second-order valence-corrected chi connectivity index (χ2v) is 15.3. The fourth-order valence-electron chi connectivity index (χ4n) is 5.61. The van der Waals surface area contributed by atoms with E-state index in [0.29, 0.717) is 18.3 Å². The lowest BCUT2D eigenvalue weighted by Gasteiger charge is -2.22. The zero-order valence-electron chi connectivity index (χ0n) is 27.0. The maximum absolute atomic E-state index is 6.39. The molecule has 3 aromatic carbocycles. The fraction of sp³-hybridized carbons (Fsp3) is 0.389. The number of hydrogen-bond acceptors (Lipinski definition) is 6. The highest BCUT2D eigenvalue weighted by Gasteiger charge is 2.27. The number of rotatable bonds is 14. The normalized spacial score (nSPS) is 12.9. The highest BCUT2D eigenvalue weighted by Crippen LogP contribution is 2.38. The predicted octanol–water partition coefficient (Wildman–Crippen LogP) is 7.03. The summed E-state index contributed by atoms with van der Waals surface area (Å²) in [4.78, 5) is 2.27. The van der Waals surface area contributed by atoms with Gasteiger partial charge >= 0.3 is 0 Å². The third kappa shape index (κ3) is 7.79. The highest BCUT2D eigenvalue weighted by atomic mass is 28.2. The summed E-state index contributed by atoms with van der Waals surface area (Å²) in [6.45, 7) is 10.3. The van der Waals surface area contributed by atoms with E-state index in [1.54, 1.807) is 14.2 Å². The molecule has 1 aromatic heterocycles. The zero-order valence-corrected chi connectivity index (χ0v) is 28.4. The van der Waals surface area contributed by atoms with Crippen LogP contribution in [-0.2, 0) is 30.6 Å². The Bertz CT molecular complexity index is 1490. The molecule has 234 valence electrons. The number of ether oxygens (including phenoxy) is 4. The Labute approximate surface area is 264 Å². The number of hydrogen-bond donors (Lipinski definition) is 0. The summed E-state index contributed by atoms with van der Waals surface area (Å²) in [6, 6.07) is 24.4. The van der Waals surface area contributed by atoms with Crippen molar-refractivity contribution in [2.75, 3.05) is 39.3 Å². The first kappa shape index (κ1) is 31.5. The van der Waals surface area contributed by atoms with Crippen molar-refractivity contribution in [3.05, 3.63) is 89.6 Å². The molecule has 7 nitrogen and oxygen atoms in total. The van der Waals surface area contributed by atoms with Crippen molar-refractivity contribution in [2.24, 2.45) is 0 Å². The molecule has 2 heterocycles. The summed E-state index contributed by atoms with van der Waals surface area (Å²) >= 11 is 0. The lowest BCUT2D eigenvalue weighted by Crippen LogP contribution is -2.24. The fourth-order valence-corrected chi connectivity index (χ4v) is 6.49. The van der Waals surface area contributed by atoms with E-state index in [9.17, 15) is 0 Å². The van der Waals surface area contributed by atoms with Gasteiger partial charge in [0, 0.05) is 42.6 Å². The zero-order chi connectivity index (χ0) is 31.1. The molecule has 0 saturated carbocycles. The predicted molar refractivity (Wildman–Crippen MR) is 180 cm³/mol. The first-order chi connectivity index (χ1) is 21.3. The molecule has 8 heteroatoms. The number of benzene rings is 3. The molecule has 1 aliphatic heterocycles. The Morgan fingerprint density at radius 2 is 1.30 bits per heavy atom. The van der Waals surface area contributed by atoms with Crippen molar-refractivity contribution >= 4 is 15.5 Å². The SMILES string of the molecule is COc1ccc(OCc2c(COc3ccc(OC)cc3)c(-c3ccc(N(C)CCO[SiH2]C(C)(C)C)cc3)n3c2CCC3)cc1. The minimum Gasteiger partial charge on any atom is -0.497 e. The number of aromatic nitrogens is 1. The molecule has 0 saturated heterocycles. The van der Waals surface area contributed by atoms with Crippen LogP contribution in [0.2, 0.25) is 5.04 Å². The standard InChI is InChI=1S/C36H46N2O5Si/c1-36(2,3)44-43-23-22-37(4)27-11-9-26(10-12-27)35-33(25-42-31-19-15-29(40-6)16-20-31)32(34-8-7-21-38(34)35)24-41-30-17-13-28(39-5)14-18-30/h9-20H,7-8,21-25,44H2,1-6H3. The molecular weight excluding hydrogens is 568 g/mol. The van der Waals surface area contributed by atoms with Crippen molar-refractivity contribution in [3.8, 4) is 34.3 Å². The van der Waals surface area contributed by atoms with Gasteiger partial charge < -0.3 is 32.8 Å². The summed E-state index contributed by atoms with van der Waals surface area (Å²) in [5, 5.41) is 0.311. The highest BCUT2D eigenvalue weighted by molar-refractivity contribution is 6.31. The largest absolute Gasteiger partial charge is 0.497 e. The Morgan fingerprint density at radius 3 is 1.84 bits per heavy atom. The van der Waals surface area contributed by atoms with Gasteiger partial charge in [-0.3, -0.25) is 0 Å². The van der Waals surface area contributed by atoms with Crippen molar-refractivity contribution < 1.29 is 23.4 Å². The van der Waals surface area contributed by atoms with E-state index in [0.717, 1.165) is 55.5 Å². The summed E-state index contributed by atoms with van der Waals surface area (Å²) in [5.74, 6) is 3.24. The molecule has 44 heavy (non-hydrogen) atoms. The average Bonchev–Trinajstić information content (AvgIpc) is 3.62. The van der Waals surface area contributed by atoms with E-state index in [1.807, 2.05) is 48.5 Å². The van der Waals surface area contributed by atoms with Gasteiger partial charge in [0.1, 0.15) is 36.2 Å². The van der Waals surface area contributed by atoms with Crippen molar-refractivity contribution in [3.63, 3.8) is 0 Å². The molecule has 0 spiro atoms. The van der Waals surface area contributed by atoms with Crippen LogP contribution in [0.15, 0.2) is 72.8 Å². The lowest BCUT2D eigenvalue weighted by atomic mass is 10.0. The summed E-state index contributed by atoms with van der Waals surface area (Å²) < 4.78 is 31.9. The third-order valence-corrected chi connectivity index (χ3v) is 9.32. The van der Waals surface area contributed by atoms with Gasteiger partial charge in [-0.15, -0.1) is 0 Å². The topological polar surface area (TPSA) is 54.3 Å². The van der Waals surface area contributed by atoms with Crippen LogP contribution < -0.4 is 23.8 Å². The molecule has 0 amide bonds. The van der Waals surface area contributed by atoms with Crippen molar-refractivity contribution in [2.45, 2.75) is 58.4 Å². The minimum atomic E-state index is -0.539. The monoisotopic (exact) mass is 614 g/mol. The Kier molecular flexibility index (Phi) is 10.2. The molecule has 0 bridgehead atoms. The van der Waals surface area contributed by atoms with Gasteiger partial charge in [0.25, 0.3) is 0 Å². The van der Waals surface area contributed by atoms with Crippen LogP contribution in [0.4, 0.5) is 5.69 Å². The second-order valence-electron chi connectivity index (χ2n) is 12.5. The van der Waals surface area contributed by atoms with Crippen LogP contribution in [0.3, 0.4) is 0 Å². The van der Waals surface area contributed by atoms with E-state index < -0.39 is 9.76 Å². The molecule has 0 fully saturated rings. The average molecular weight is 615 g/mol. The third-order valence-electron chi connectivity index (χ3n) is 7.96. The Balaban J connectivity index is 1.40. The first-order valence-corrected chi connectivity index (χ1v) is 16.7. The van der Waals surface area contributed by atoms with E-state index in [1.165, 1.54) is 33.8 Å². The smallest absolute Gasteiger partial charge is 0.166 e. The lowest BCUT2D eigenvalue weighted by molar-refractivity contribution is 0.285. The molecular formula is C36H46N2O5Si. The van der Waals surface area contributed by atoms with Crippen LogP contribution in [0.25, 0.3) is 11.3 Å². The number of likely N-dealkylation sites (N-methyl/N-ethyl adjacent to an activating group) is 1. The van der Waals surface area contributed by atoms with Gasteiger partial charge in [-0.1, -0.05) is 32.9 Å². The van der Waals surface area contributed by atoms with Crippen molar-refractivity contribution in [1.29, 1.82) is 0 Å². The van der Waals surface area contributed by atoms with Crippen LogP contribution in [0.5, 0.6) is 23.0 Å². The van der Waals surface area contributed by atoms with Gasteiger partial charge in [0.2, 0.25) is 0 Å². The summed E-state index contributed by atoms with van der Waals surface area (Å²) in [7, 11) is 4.94. The minimum absolute atomic E-state index is 0.311. The second kappa shape index (κ2) is 14.3. The van der Waals surface area contributed by atoms with Crippen LogP contribution in [-0.4, -0.2) is 48.7 Å². The van der Waals surface area contributed by atoms with Gasteiger partial charge in [-0.05, 0) is 84.1 Å². The maximum atomic E-state index is 6.39. The van der Waals surface area contributed by atoms with Gasteiger partial charge in [-0.25, -0.2) is 0 Å². The maximum Gasteiger partial charge on any atom is 0.166 e. The van der Waals surface area contributed by atoms with E-state index in [2.05, 4.69) is 61.6 Å². The molecule has 0 unspecified atom stereocenters. The Morgan fingerprint density at radius 1 is 0.750 bits per heavy atom. The summed E-state index contributed by atoms with van der Waals surface area (Å²) in [5.41, 5.74) is 7.30. The van der Waals surface area contributed by atoms with E-state index in [-0.39, 0.29) is 0 Å².